The van der Waals surface area contributed by atoms with Crippen LogP contribution in [0.2, 0.25) is 5.02 Å². The van der Waals surface area contributed by atoms with Gasteiger partial charge >= 0.3 is 0 Å². The lowest BCUT2D eigenvalue weighted by atomic mass is 9.95. The fourth-order valence-corrected chi connectivity index (χ4v) is 2.44. The minimum atomic E-state index is 0.0541. The van der Waals surface area contributed by atoms with Gasteiger partial charge in [0, 0.05) is 18.2 Å². The highest BCUT2D eigenvalue weighted by Crippen LogP contribution is 2.31. The molecule has 2 rings (SSSR count). The van der Waals surface area contributed by atoms with Gasteiger partial charge in [0.1, 0.15) is 5.75 Å². The molecule has 108 valence electrons. The quantitative estimate of drug-likeness (QED) is 0.889. The SMILES string of the molecule is COc1ccc(C(CN)c2cc(C(C)C)n[nH]2)cc1Cl. The van der Waals surface area contributed by atoms with Crippen molar-refractivity contribution in [2.45, 2.75) is 25.7 Å². The third-order valence-corrected chi connectivity index (χ3v) is 3.69. The number of nitrogens with two attached hydrogens (primary N) is 1. The molecule has 0 fully saturated rings. The summed E-state index contributed by atoms with van der Waals surface area (Å²) in [4.78, 5) is 0. The summed E-state index contributed by atoms with van der Waals surface area (Å²) < 4.78 is 5.17. The van der Waals surface area contributed by atoms with Gasteiger partial charge in [-0.25, -0.2) is 0 Å². The first-order valence-corrected chi connectivity index (χ1v) is 7.03. The van der Waals surface area contributed by atoms with Crippen LogP contribution < -0.4 is 10.5 Å². The van der Waals surface area contributed by atoms with Gasteiger partial charge in [0.15, 0.2) is 0 Å². The molecule has 1 unspecified atom stereocenters. The molecule has 1 aromatic heterocycles. The Labute approximate surface area is 124 Å². The molecule has 3 N–H and O–H groups in total. The van der Waals surface area contributed by atoms with Crippen LogP contribution in [0.25, 0.3) is 0 Å². The number of halogens is 1. The van der Waals surface area contributed by atoms with E-state index in [0.29, 0.717) is 23.2 Å². The molecule has 0 saturated carbocycles. The molecular weight excluding hydrogens is 274 g/mol. The number of aromatic nitrogens is 2. The van der Waals surface area contributed by atoms with Crippen LogP contribution in [0.1, 0.15) is 42.6 Å². The first kappa shape index (κ1) is 14.9. The summed E-state index contributed by atoms with van der Waals surface area (Å²) in [6, 6.07) is 7.81. The third kappa shape index (κ3) is 2.97. The van der Waals surface area contributed by atoms with Crippen molar-refractivity contribution in [3.63, 3.8) is 0 Å². The van der Waals surface area contributed by atoms with Crippen LogP contribution >= 0.6 is 11.6 Å². The van der Waals surface area contributed by atoms with Crippen molar-refractivity contribution in [1.82, 2.24) is 10.2 Å². The van der Waals surface area contributed by atoms with E-state index in [1.807, 2.05) is 18.2 Å². The van der Waals surface area contributed by atoms with Gasteiger partial charge in [-0.1, -0.05) is 31.5 Å². The van der Waals surface area contributed by atoms with Gasteiger partial charge in [-0.15, -0.1) is 0 Å². The highest BCUT2D eigenvalue weighted by molar-refractivity contribution is 6.32. The van der Waals surface area contributed by atoms with Crippen molar-refractivity contribution in [1.29, 1.82) is 0 Å². The lowest BCUT2D eigenvalue weighted by Gasteiger charge is -2.14. The number of nitrogens with one attached hydrogen (secondary N) is 1. The Hall–Kier alpha value is -1.52. The van der Waals surface area contributed by atoms with Crippen molar-refractivity contribution in [2.24, 2.45) is 5.73 Å². The summed E-state index contributed by atoms with van der Waals surface area (Å²) >= 11 is 6.18. The van der Waals surface area contributed by atoms with Crippen molar-refractivity contribution in [3.8, 4) is 5.75 Å². The lowest BCUT2D eigenvalue weighted by molar-refractivity contribution is 0.415. The molecule has 0 aliphatic rings. The zero-order valence-electron chi connectivity index (χ0n) is 12.0. The normalized spacial score (nSPS) is 12.7. The Morgan fingerprint density at radius 2 is 2.10 bits per heavy atom. The van der Waals surface area contributed by atoms with E-state index in [9.17, 15) is 0 Å². The van der Waals surface area contributed by atoms with Gasteiger partial charge in [0.05, 0.1) is 17.8 Å². The van der Waals surface area contributed by atoms with Crippen LogP contribution in [0.15, 0.2) is 24.3 Å². The third-order valence-electron chi connectivity index (χ3n) is 3.40. The summed E-state index contributed by atoms with van der Waals surface area (Å²) in [5.41, 5.74) is 9.03. The van der Waals surface area contributed by atoms with E-state index in [1.165, 1.54) is 0 Å². The molecule has 0 aliphatic heterocycles. The number of hydrogen-bond donors (Lipinski definition) is 2. The minimum Gasteiger partial charge on any atom is -0.495 e. The fraction of sp³-hybridized carbons (Fsp3) is 0.400. The molecule has 0 radical (unpaired) electrons. The van der Waals surface area contributed by atoms with Crippen LogP contribution in [0.3, 0.4) is 0 Å². The fourth-order valence-electron chi connectivity index (χ4n) is 2.17. The number of aromatic amines is 1. The van der Waals surface area contributed by atoms with Crippen LogP contribution in [0, 0.1) is 0 Å². The summed E-state index contributed by atoms with van der Waals surface area (Å²) in [6.07, 6.45) is 0. The average molecular weight is 294 g/mol. The van der Waals surface area contributed by atoms with Gasteiger partial charge < -0.3 is 10.5 Å². The number of H-pyrrole nitrogens is 1. The van der Waals surface area contributed by atoms with E-state index in [0.717, 1.165) is 17.0 Å². The number of hydrogen-bond acceptors (Lipinski definition) is 3. The summed E-state index contributed by atoms with van der Waals surface area (Å²) in [6.45, 7) is 4.71. The molecule has 0 bridgehead atoms. The molecule has 1 aromatic carbocycles. The Morgan fingerprint density at radius 1 is 1.35 bits per heavy atom. The molecule has 20 heavy (non-hydrogen) atoms. The van der Waals surface area contributed by atoms with E-state index in [-0.39, 0.29) is 5.92 Å². The number of benzene rings is 1. The van der Waals surface area contributed by atoms with E-state index in [2.05, 4.69) is 30.1 Å². The maximum atomic E-state index is 6.18. The molecule has 4 nitrogen and oxygen atoms in total. The second-order valence-corrected chi connectivity index (χ2v) is 5.49. The first-order valence-electron chi connectivity index (χ1n) is 6.65. The summed E-state index contributed by atoms with van der Waals surface area (Å²) in [5, 5.41) is 8.00. The van der Waals surface area contributed by atoms with Crippen molar-refractivity contribution in [2.75, 3.05) is 13.7 Å². The summed E-state index contributed by atoms with van der Waals surface area (Å²) in [5.74, 6) is 1.11. The topological polar surface area (TPSA) is 63.9 Å². The molecule has 0 amide bonds. The van der Waals surface area contributed by atoms with Crippen molar-refractivity contribution < 1.29 is 4.74 Å². The smallest absolute Gasteiger partial charge is 0.137 e. The molecule has 0 saturated heterocycles. The zero-order valence-corrected chi connectivity index (χ0v) is 12.7. The second-order valence-electron chi connectivity index (χ2n) is 5.09. The molecule has 0 spiro atoms. The van der Waals surface area contributed by atoms with Crippen molar-refractivity contribution in [3.05, 3.63) is 46.2 Å². The van der Waals surface area contributed by atoms with Gasteiger partial charge in [0.2, 0.25) is 0 Å². The lowest BCUT2D eigenvalue weighted by Crippen LogP contribution is -2.14. The first-order chi connectivity index (χ1) is 9.56. The second kappa shape index (κ2) is 6.29. The molecule has 1 atom stereocenters. The Balaban J connectivity index is 2.33. The highest BCUT2D eigenvalue weighted by atomic mass is 35.5. The largest absolute Gasteiger partial charge is 0.495 e. The monoisotopic (exact) mass is 293 g/mol. The predicted molar refractivity (Wildman–Crippen MR) is 81.6 cm³/mol. The number of ether oxygens (including phenoxy) is 1. The van der Waals surface area contributed by atoms with Crippen LogP contribution in [0.5, 0.6) is 5.75 Å². The van der Waals surface area contributed by atoms with Gasteiger partial charge in [0.25, 0.3) is 0 Å². The average Bonchev–Trinajstić information content (AvgIpc) is 2.89. The minimum absolute atomic E-state index is 0.0541. The Bertz CT molecular complexity index is 580. The molecule has 5 heteroatoms. The van der Waals surface area contributed by atoms with Crippen molar-refractivity contribution >= 4 is 11.6 Å². The number of rotatable bonds is 5. The van der Waals surface area contributed by atoms with Gasteiger partial charge in [-0.2, -0.15) is 5.10 Å². The molecular formula is C15H20ClN3O. The Kier molecular flexibility index (Phi) is 4.68. The zero-order chi connectivity index (χ0) is 14.7. The van der Waals surface area contributed by atoms with Crippen LogP contribution in [-0.2, 0) is 0 Å². The maximum Gasteiger partial charge on any atom is 0.137 e. The van der Waals surface area contributed by atoms with Gasteiger partial charge in [-0.05, 0) is 29.7 Å². The molecule has 2 aromatic rings. The highest BCUT2D eigenvalue weighted by Gasteiger charge is 2.17. The van der Waals surface area contributed by atoms with E-state index >= 15 is 0 Å². The van der Waals surface area contributed by atoms with E-state index in [1.54, 1.807) is 7.11 Å². The van der Waals surface area contributed by atoms with E-state index in [4.69, 9.17) is 22.1 Å². The summed E-state index contributed by atoms with van der Waals surface area (Å²) in [7, 11) is 1.60. The maximum absolute atomic E-state index is 6.18. The van der Waals surface area contributed by atoms with E-state index < -0.39 is 0 Å². The Morgan fingerprint density at radius 3 is 2.60 bits per heavy atom. The van der Waals surface area contributed by atoms with Crippen LogP contribution in [-0.4, -0.2) is 23.9 Å². The number of methoxy groups -OCH3 is 1. The molecule has 1 heterocycles. The molecule has 0 aliphatic carbocycles. The predicted octanol–water partition coefficient (Wildman–Crippen LogP) is 3.29. The standard InChI is InChI=1S/C15H20ClN3O/c1-9(2)13-7-14(19-18-13)11(8-17)10-4-5-15(20-3)12(16)6-10/h4-7,9,11H,8,17H2,1-3H3,(H,18,19). The number of nitrogens with zero attached hydrogens (tertiary/aromatic N) is 1. The van der Waals surface area contributed by atoms with Crippen LogP contribution in [0.4, 0.5) is 0 Å². The van der Waals surface area contributed by atoms with Gasteiger partial charge in [-0.3, -0.25) is 5.10 Å².